The van der Waals surface area contributed by atoms with Gasteiger partial charge in [-0.2, -0.15) is 0 Å². The molecule has 0 aliphatic heterocycles. The third-order valence-electron chi connectivity index (χ3n) is 2.94. The molecule has 1 N–H and O–H groups in total. The quantitative estimate of drug-likeness (QED) is 0.697. The number of thioether (sulfide) groups is 1. The zero-order valence-corrected chi connectivity index (χ0v) is 13.7. The van der Waals surface area contributed by atoms with Crippen LogP contribution in [0.2, 0.25) is 0 Å². The summed E-state index contributed by atoms with van der Waals surface area (Å²) in [4.78, 5) is 16.2. The second-order valence-electron chi connectivity index (χ2n) is 4.50. The van der Waals surface area contributed by atoms with Crippen molar-refractivity contribution in [1.29, 1.82) is 0 Å². The molecule has 0 radical (unpaired) electrons. The predicted molar refractivity (Wildman–Crippen MR) is 88.6 cm³/mol. The molecule has 2 heterocycles. The molecule has 0 spiro atoms. The molecule has 112 valence electrons. The van der Waals surface area contributed by atoms with Gasteiger partial charge < -0.3 is 5.32 Å². The van der Waals surface area contributed by atoms with E-state index >= 15 is 0 Å². The van der Waals surface area contributed by atoms with Crippen molar-refractivity contribution in [2.75, 3.05) is 11.1 Å². The van der Waals surface area contributed by atoms with E-state index in [0.29, 0.717) is 4.47 Å². The molecule has 0 unspecified atom stereocenters. The molecule has 22 heavy (non-hydrogen) atoms. The van der Waals surface area contributed by atoms with E-state index in [4.69, 9.17) is 0 Å². The third-order valence-corrected chi connectivity index (χ3v) is 4.40. The van der Waals surface area contributed by atoms with Crippen LogP contribution in [-0.2, 0) is 4.79 Å². The van der Waals surface area contributed by atoms with Crippen LogP contribution in [-0.4, -0.2) is 21.0 Å². The minimum atomic E-state index is -0.473. The smallest absolute Gasteiger partial charge is 0.234 e. The lowest BCUT2D eigenvalue weighted by Gasteiger charge is -2.06. The van der Waals surface area contributed by atoms with E-state index in [9.17, 15) is 9.18 Å². The first-order chi connectivity index (χ1) is 10.6. The summed E-state index contributed by atoms with van der Waals surface area (Å²) in [6.07, 6.45) is 3.63. The van der Waals surface area contributed by atoms with Gasteiger partial charge in [0, 0.05) is 10.7 Å². The van der Waals surface area contributed by atoms with Gasteiger partial charge in [0.25, 0.3) is 0 Å². The fourth-order valence-electron chi connectivity index (χ4n) is 1.93. The van der Waals surface area contributed by atoms with Gasteiger partial charge in [-0.05, 0) is 30.3 Å². The zero-order chi connectivity index (χ0) is 15.5. The number of halogens is 2. The lowest BCUT2D eigenvalue weighted by atomic mass is 10.3. The maximum absolute atomic E-state index is 13.7. The van der Waals surface area contributed by atoms with Crippen LogP contribution in [0.4, 0.5) is 10.1 Å². The standard InChI is InChI=1S/C15H11BrFN3OS/c16-10-4-5-13(12(17)7-10)19-14(21)9-22-15-18-8-11-3-1-2-6-20(11)15/h1-8H,9H2,(H,19,21). The van der Waals surface area contributed by atoms with Crippen molar-refractivity contribution in [1.82, 2.24) is 9.38 Å². The van der Waals surface area contributed by atoms with Crippen LogP contribution in [0.25, 0.3) is 5.52 Å². The van der Waals surface area contributed by atoms with Gasteiger partial charge in [-0.1, -0.05) is 33.8 Å². The van der Waals surface area contributed by atoms with E-state index < -0.39 is 5.82 Å². The highest BCUT2D eigenvalue weighted by atomic mass is 79.9. The predicted octanol–water partition coefficient (Wildman–Crippen LogP) is 3.97. The number of pyridine rings is 1. The van der Waals surface area contributed by atoms with Gasteiger partial charge in [-0.15, -0.1) is 0 Å². The van der Waals surface area contributed by atoms with Crippen LogP contribution in [0.5, 0.6) is 0 Å². The van der Waals surface area contributed by atoms with Crippen molar-refractivity contribution in [3.63, 3.8) is 0 Å². The molecule has 3 aromatic rings. The minimum absolute atomic E-state index is 0.156. The molecule has 0 bridgehead atoms. The summed E-state index contributed by atoms with van der Waals surface area (Å²) in [5, 5.41) is 3.28. The number of nitrogens with zero attached hydrogens (tertiary/aromatic N) is 2. The van der Waals surface area contributed by atoms with E-state index in [1.807, 2.05) is 28.8 Å². The van der Waals surface area contributed by atoms with E-state index in [2.05, 4.69) is 26.2 Å². The summed E-state index contributed by atoms with van der Waals surface area (Å²) in [5.74, 6) is -0.596. The van der Waals surface area contributed by atoms with Crippen molar-refractivity contribution >= 4 is 44.8 Å². The zero-order valence-electron chi connectivity index (χ0n) is 11.3. The molecule has 3 rings (SSSR count). The maximum atomic E-state index is 13.7. The molecule has 0 aliphatic carbocycles. The number of benzene rings is 1. The van der Waals surface area contributed by atoms with Crippen LogP contribution in [0.1, 0.15) is 0 Å². The lowest BCUT2D eigenvalue weighted by molar-refractivity contribution is -0.113. The van der Waals surface area contributed by atoms with Crippen LogP contribution in [0, 0.1) is 5.82 Å². The largest absolute Gasteiger partial charge is 0.323 e. The Morgan fingerprint density at radius 1 is 1.36 bits per heavy atom. The molecule has 0 atom stereocenters. The van der Waals surface area contributed by atoms with Gasteiger partial charge in [0.15, 0.2) is 5.16 Å². The van der Waals surface area contributed by atoms with Gasteiger partial charge in [0.1, 0.15) is 5.82 Å². The number of carbonyl (C=O) groups excluding carboxylic acids is 1. The minimum Gasteiger partial charge on any atom is -0.323 e. The Morgan fingerprint density at radius 2 is 2.23 bits per heavy atom. The second kappa shape index (κ2) is 6.50. The highest BCUT2D eigenvalue weighted by molar-refractivity contribution is 9.10. The number of hydrogen-bond acceptors (Lipinski definition) is 3. The highest BCUT2D eigenvalue weighted by Crippen LogP contribution is 2.21. The Morgan fingerprint density at radius 3 is 3.05 bits per heavy atom. The van der Waals surface area contributed by atoms with Crippen molar-refractivity contribution in [3.05, 3.63) is 59.1 Å². The normalized spacial score (nSPS) is 10.8. The maximum Gasteiger partial charge on any atom is 0.234 e. The Labute approximate surface area is 138 Å². The summed E-state index contributed by atoms with van der Waals surface area (Å²) in [6, 6.07) is 10.3. The van der Waals surface area contributed by atoms with Crippen molar-refractivity contribution in [2.45, 2.75) is 5.16 Å². The van der Waals surface area contributed by atoms with Gasteiger partial charge in [-0.25, -0.2) is 9.37 Å². The van der Waals surface area contributed by atoms with Crippen molar-refractivity contribution in [2.24, 2.45) is 0 Å². The second-order valence-corrected chi connectivity index (χ2v) is 6.36. The van der Waals surface area contributed by atoms with Gasteiger partial charge in [0.2, 0.25) is 5.91 Å². The number of aromatic nitrogens is 2. The number of anilines is 1. The fourth-order valence-corrected chi connectivity index (χ4v) is 3.03. The van der Waals surface area contributed by atoms with E-state index in [1.165, 1.54) is 23.9 Å². The molecule has 0 fully saturated rings. The van der Waals surface area contributed by atoms with Gasteiger partial charge in [-0.3, -0.25) is 9.20 Å². The van der Waals surface area contributed by atoms with E-state index in [0.717, 1.165) is 10.7 Å². The van der Waals surface area contributed by atoms with Gasteiger partial charge >= 0.3 is 0 Å². The van der Waals surface area contributed by atoms with Crippen molar-refractivity contribution < 1.29 is 9.18 Å². The highest BCUT2D eigenvalue weighted by Gasteiger charge is 2.10. The Bertz CT molecular complexity index is 837. The molecular weight excluding hydrogens is 369 g/mol. The Hall–Kier alpha value is -1.86. The molecule has 7 heteroatoms. The van der Waals surface area contributed by atoms with Gasteiger partial charge in [0.05, 0.1) is 23.2 Å². The first kappa shape index (κ1) is 15.1. The molecule has 0 aliphatic rings. The number of nitrogens with one attached hydrogen (secondary N) is 1. The summed E-state index contributed by atoms with van der Waals surface area (Å²) >= 11 is 4.48. The summed E-state index contributed by atoms with van der Waals surface area (Å²) in [6.45, 7) is 0. The number of rotatable bonds is 4. The number of fused-ring (bicyclic) bond motifs is 1. The summed E-state index contributed by atoms with van der Waals surface area (Å²) in [5.41, 5.74) is 1.13. The number of carbonyl (C=O) groups is 1. The lowest BCUT2D eigenvalue weighted by Crippen LogP contribution is -2.15. The number of amides is 1. The van der Waals surface area contributed by atoms with Crippen LogP contribution in [0.3, 0.4) is 0 Å². The Kier molecular flexibility index (Phi) is 4.44. The molecule has 1 amide bonds. The fraction of sp³-hybridized carbons (Fsp3) is 0.0667. The summed E-state index contributed by atoms with van der Waals surface area (Å²) in [7, 11) is 0. The van der Waals surface area contributed by atoms with Crippen molar-refractivity contribution in [3.8, 4) is 0 Å². The average Bonchev–Trinajstić information content (AvgIpc) is 2.91. The monoisotopic (exact) mass is 379 g/mol. The van der Waals surface area contributed by atoms with E-state index in [-0.39, 0.29) is 17.3 Å². The molecule has 4 nitrogen and oxygen atoms in total. The first-order valence-corrected chi connectivity index (χ1v) is 8.21. The van der Waals surface area contributed by atoms with E-state index in [1.54, 1.807) is 12.3 Å². The molecular formula is C15H11BrFN3OS. The van der Waals surface area contributed by atoms with Crippen LogP contribution >= 0.6 is 27.7 Å². The van der Waals surface area contributed by atoms with Crippen LogP contribution < -0.4 is 5.32 Å². The number of hydrogen-bond donors (Lipinski definition) is 1. The van der Waals surface area contributed by atoms with Crippen LogP contribution in [0.15, 0.2) is 58.4 Å². The Balaban J connectivity index is 1.65. The topological polar surface area (TPSA) is 46.4 Å². The average molecular weight is 380 g/mol. The number of imidazole rings is 1. The molecule has 0 saturated heterocycles. The molecule has 2 aromatic heterocycles. The SMILES string of the molecule is O=C(CSc1ncc2ccccn12)Nc1ccc(Br)cc1F. The summed E-state index contributed by atoms with van der Waals surface area (Å²) < 4.78 is 16.2. The first-order valence-electron chi connectivity index (χ1n) is 6.43. The third kappa shape index (κ3) is 3.31. The molecule has 1 aromatic carbocycles. The molecule has 0 saturated carbocycles.